The van der Waals surface area contributed by atoms with Crippen molar-refractivity contribution < 1.29 is 8.42 Å². The molecular formula is C17H27N5O2S2. The molecule has 1 aliphatic heterocycles. The zero-order valence-corrected chi connectivity index (χ0v) is 17.2. The lowest BCUT2D eigenvalue weighted by atomic mass is 10.2. The maximum atomic E-state index is 12.5. The number of aromatic nitrogens is 2. The first-order chi connectivity index (χ1) is 12.4. The average molecular weight is 398 g/mol. The van der Waals surface area contributed by atoms with Crippen LogP contribution in [-0.4, -0.2) is 74.7 Å². The van der Waals surface area contributed by atoms with Gasteiger partial charge in [-0.05, 0) is 51.6 Å². The van der Waals surface area contributed by atoms with Crippen LogP contribution in [0.5, 0.6) is 0 Å². The summed E-state index contributed by atoms with van der Waals surface area (Å²) >= 11 is 1.26. The molecule has 1 fully saturated rings. The van der Waals surface area contributed by atoms with Crippen molar-refractivity contribution in [1.82, 2.24) is 24.7 Å². The van der Waals surface area contributed by atoms with E-state index in [9.17, 15) is 8.42 Å². The van der Waals surface area contributed by atoms with E-state index in [4.69, 9.17) is 0 Å². The van der Waals surface area contributed by atoms with E-state index in [1.165, 1.54) is 11.3 Å². The highest BCUT2D eigenvalue weighted by Crippen LogP contribution is 2.32. The van der Waals surface area contributed by atoms with Crippen molar-refractivity contribution >= 4 is 21.4 Å². The van der Waals surface area contributed by atoms with Crippen LogP contribution in [0.4, 0.5) is 0 Å². The van der Waals surface area contributed by atoms with Crippen LogP contribution >= 0.6 is 11.3 Å². The fourth-order valence-corrected chi connectivity index (χ4v) is 5.44. The zero-order valence-electron chi connectivity index (χ0n) is 15.6. The fourth-order valence-electron chi connectivity index (χ4n) is 2.97. The summed E-state index contributed by atoms with van der Waals surface area (Å²) < 4.78 is 28.1. The Kier molecular flexibility index (Phi) is 6.13. The predicted octanol–water partition coefficient (Wildman–Crippen LogP) is 1.67. The number of aromatic amines is 1. The molecule has 2 aromatic rings. The number of hydrogen-bond donors (Lipinski definition) is 2. The largest absolute Gasteiger partial charge is 0.304 e. The first-order valence-corrected chi connectivity index (χ1v) is 11.2. The smallest absolute Gasteiger partial charge is 0.250 e. The second-order valence-electron chi connectivity index (χ2n) is 6.84. The van der Waals surface area contributed by atoms with Crippen molar-refractivity contribution in [1.29, 1.82) is 0 Å². The summed E-state index contributed by atoms with van der Waals surface area (Å²) in [5.74, 6) is 0. The first kappa shape index (κ1) is 19.5. The van der Waals surface area contributed by atoms with E-state index in [1.54, 1.807) is 6.07 Å². The molecule has 0 aromatic carbocycles. The Hall–Kier alpha value is -1.26. The number of rotatable bonds is 7. The number of aryl methyl sites for hydroxylation is 1. The number of H-pyrrole nitrogens is 1. The lowest BCUT2D eigenvalue weighted by molar-refractivity contribution is 0.153. The molecule has 0 bridgehead atoms. The predicted molar refractivity (Wildman–Crippen MR) is 105 cm³/mol. The van der Waals surface area contributed by atoms with Crippen molar-refractivity contribution in [3.8, 4) is 10.6 Å². The Bertz CT molecular complexity index is 835. The van der Waals surface area contributed by atoms with Gasteiger partial charge in [0, 0.05) is 38.4 Å². The highest BCUT2D eigenvalue weighted by atomic mass is 32.2. The molecule has 2 N–H and O–H groups in total. The third kappa shape index (κ3) is 4.52. The van der Waals surface area contributed by atoms with Crippen molar-refractivity contribution in [2.45, 2.75) is 24.5 Å². The summed E-state index contributed by atoms with van der Waals surface area (Å²) in [4.78, 5) is 5.57. The molecule has 1 saturated heterocycles. The van der Waals surface area contributed by atoms with Crippen molar-refractivity contribution in [3.05, 3.63) is 23.4 Å². The number of thiophene rings is 1. The molecule has 7 nitrogen and oxygen atoms in total. The van der Waals surface area contributed by atoms with Crippen LogP contribution in [-0.2, 0) is 10.0 Å². The highest BCUT2D eigenvalue weighted by molar-refractivity contribution is 7.91. The van der Waals surface area contributed by atoms with Crippen LogP contribution in [0.1, 0.15) is 17.7 Å². The Morgan fingerprint density at radius 2 is 1.96 bits per heavy atom. The van der Waals surface area contributed by atoms with E-state index in [0.717, 1.165) is 61.0 Å². The Morgan fingerprint density at radius 3 is 2.62 bits per heavy atom. The van der Waals surface area contributed by atoms with Gasteiger partial charge < -0.3 is 9.80 Å². The topological polar surface area (TPSA) is 81.3 Å². The highest BCUT2D eigenvalue weighted by Gasteiger charge is 2.19. The monoisotopic (exact) mass is 397 g/mol. The van der Waals surface area contributed by atoms with Gasteiger partial charge in [0.05, 0.1) is 4.88 Å². The fraction of sp³-hybridized carbons (Fsp3) is 0.588. The molecule has 2 aromatic heterocycles. The van der Waals surface area contributed by atoms with Gasteiger partial charge >= 0.3 is 0 Å². The van der Waals surface area contributed by atoms with Gasteiger partial charge in [-0.15, -0.1) is 11.3 Å². The Balaban J connectivity index is 1.53. The van der Waals surface area contributed by atoms with E-state index in [0.29, 0.717) is 10.8 Å². The van der Waals surface area contributed by atoms with Gasteiger partial charge in [0.1, 0.15) is 9.90 Å². The maximum absolute atomic E-state index is 12.5. The molecule has 0 radical (unpaired) electrons. The molecule has 0 unspecified atom stereocenters. The number of hydrogen-bond acceptors (Lipinski definition) is 6. The van der Waals surface area contributed by atoms with Crippen LogP contribution in [0.25, 0.3) is 10.6 Å². The molecule has 0 saturated carbocycles. The summed E-state index contributed by atoms with van der Waals surface area (Å²) in [6.07, 6.45) is 0.818. The molecule has 0 aliphatic carbocycles. The van der Waals surface area contributed by atoms with Gasteiger partial charge in [0.25, 0.3) is 0 Å². The summed E-state index contributed by atoms with van der Waals surface area (Å²) in [5.41, 5.74) is 2.87. The molecule has 9 heteroatoms. The minimum Gasteiger partial charge on any atom is -0.304 e. The summed E-state index contributed by atoms with van der Waals surface area (Å²) in [7, 11) is -1.33. The maximum Gasteiger partial charge on any atom is 0.250 e. The lowest BCUT2D eigenvalue weighted by Gasteiger charge is -2.32. The molecule has 3 heterocycles. The van der Waals surface area contributed by atoms with Crippen molar-refractivity contribution in [2.75, 3.05) is 46.3 Å². The van der Waals surface area contributed by atoms with Crippen LogP contribution < -0.4 is 4.72 Å². The second kappa shape index (κ2) is 8.18. The minimum absolute atomic E-state index is 0.340. The van der Waals surface area contributed by atoms with Gasteiger partial charge in [-0.2, -0.15) is 5.10 Å². The van der Waals surface area contributed by atoms with Gasteiger partial charge in [0.15, 0.2) is 0 Å². The molecule has 3 rings (SSSR count). The van der Waals surface area contributed by atoms with Crippen LogP contribution in [0.2, 0.25) is 0 Å². The quantitative estimate of drug-likeness (QED) is 0.695. The third-order valence-electron chi connectivity index (χ3n) is 4.87. The van der Waals surface area contributed by atoms with E-state index in [-0.39, 0.29) is 0 Å². The van der Waals surface area contributed by atoms with E-state index in [2.05, 4.69) is 31.8 Å². The molecule has 144 valence electrons. The Labute approximate surface area is 159 Å². The molecule has 0 atom stereocenters. The van der Waals surface area contributed by atoms with Crippen LogP contribution in [0, 0.1) is 13.8 Å². The SMILES string of the molecule is Cc1[nH]nc(-c2ccc(S(=O)(=O)NCCCN3CCN(C)CC3)s2)c1C. The summed E-state index contributed by atoms with van der Waals surface area (Å²) in [6, 6.07) is 3.48. The van der Waals surface area contributed by atoms with Gasteiger partial charge in [-0.1, -0.05) is 0 Å². The van der Waals surface area contributed by atoms with Gasteiger partial charge in [-0.3, -0.25) is 5.10 Å². The lowest BCUT2D eigenvalue weighted by Crippen LogP contribution is -2.45. The average Bonchev–Trinajstić information content (AvgIpc) is 3.22. The molecule has 1 aliphatic rings. The molecule has 0 amide bonds. The number of nitrogens with one attached hydrogen (secondary N) is 2. The number of likely N-dealkylation sites (N-methyl/N-ethyl adjacent to an activating group) is 1. The first-order valence-electron chi connectivity index (χ1n) is 8.89. The molecule has 0 spiro atoms. The molecular weight excluding hydrogens is 370 g/mol. The van der Waals surface area contributed by atoms with E-state index < -0.39 is 10.0 Å². The number of piperazine rings is 1. The summed E-state index contributed by atoms with van der Waals surface area (Å²) in [6.45, 7) is 9.60. The van der Waals surface area contributed by atoms with Crippen molar-refractivity contribution in [2.24, 2.45) is 0 Å². The number of nitrogens with zero attached hydrogens (tertiary/aromatic N) is 3. The van der Waals surface area contributed by atoms with E-state index in [1.807, 2.05) is 19.9 Å². The number of sulfonamides is 1. The summed E-state index contributed by atoms with van der Waals surface area (Å²) in [5, 5.41) is 7.22. The van der Waals surface area contributed by atoms with Crippen molar-refractivity contribution in [3.63, 3.8) is 0 Å². The van der Waals surface area contributed by atoms with Gasteiger partial charge in [0.2, 0.25) is 10.0 Å². The van der Waals surface area contributed by atoms with Crippen LogP contribution in [0.15, 0.2) is 16.3 Å². The second-order valence-corrected chi connectivity index (χ2v) is 9.91. The molecule has 26 heavy (non-hydrogen) atoms. The van der Waals surface area contributed by atoms with E-state index >= 15 is 0 Å². The van der Waals surface area contributed by atoms with Crippen LogP contribution in [0.3, 0.4) is 0 Å². The standard InChI is InChI=1S/C17H27N5O2S2/c1-13-14(2)19-20-17(13)15-5-6-16(25-15)26(23,24)18-7-4-8-22-11-9-21(3)10-12-22/h5-6,18H,4,7-12H2,1-3H3,(H,19,20). The normalized spacial score (nSPS) is 17.0. The minimum atomic E-state index is -3.46. The third-order valence-corrected chi connectivity index (χ3v) is 7.92. The van der Waals surface area contributed by atoms with Gasteiger partial charge in [-0.25, -0.2) is 13.1 Å². The Morgan fingerprint density at radius 1 is 1.23 bits per heavy atom. The zero-order chi connectivity index (χ0) is 18.7.